The minimum absolute atomic E-state index is 0.0355. The zero-order valence-corrected chi connectivity index (χ0v) is 13.5. The summed E-state index contributed by atoms with van der Waals surface area (Å²) in [7, 11) is 1.74. The summed E-state index contributed by atoms with van der Waals surface area (Å²) in [6.07, 6.45) is 0.762. The molecule has 0 spiro atoms. The zero-order valence-electron chi connectivity index (χ0n) is 11.2. The van der Waals surface area contributed by atoms with E-state index in [1.165, 1.54) is 16.4 Å². The third kappa shape index (κ3) is 3.22. The van der Waals surface area contributed by atoms with Crippen molar-refractivity contribution in [1.29, 1.82) is 0 Å². The second-order valence-corrected chi connectivity index (χ2v) is 7.42. The molecule has 21 heavy (non-hydrogen) atoms. The lowest BCUT2D eigenvalue weighted by Gasteiger charge is -2.04. The van der Waals surface area contributed by atoms with E-state index in [4.69, 9.17) is 23.2 Å². The molecule has 0 unspecified atom stereocenters. The number of carbonyl (C=O) groups excluding carboxylic acids is 1. The van der Waals surface area contributed by atoms with E-state index in [1.54, 1.807) is 7.05 Å². The number of carbonyl (C=O) groups is 1. The van der Waals surface area contributed by atoms with E-state index in [2.05, 4.69) is 15.5 Å². The van der Waals surface area contributed by atoms with E-state index in [0.29, 0.717) is 16.5 Å². The molecule has 1 atom stereocenters. The summed E-state index contributed by atoms with van der Waals surface area (Å²) in [5.41, 5.74) is 1.73. The van der Waals surface area contributed by atoms with Crippen molar-refractivity contribution in [3.8, 4) is 0 Å². The van der Waals surface area contributed by atoms with Gasteiger partial charge in [-0.25, -0.2) is 4.68 Å². The van der Waals surface area contributed by atoms with E-state index in [0.717, 1.165) is 12.0 Å². The first-order valence-electron chi connectivity index (χ1n) is 6.33. The van der Waals surface area contributed by atoms with Crippen molar-refractivity contribution in [3.05, 3.63) is 35.4 Å². The normalized spacial score (nSPS) is 19.5. The Morgan fingerprint density at radius 2 is 2.10 bits per heavy atom. The van der Waals surface area contributed by atoms with Gasteiger partial charge in [-0.15, -0.1) is 28.3 Å². The molecule has 0 amide bonds. The van der Waals surface area contributed by atoms with Gasteiger partial charge in [-0.05, 0) is 22.4 Å². The number of halogens is 2. The molecular weight excluding hydrogens is 331 g/mol. The predicted molar refractivity (Wildman–Crippen MR) is 82.1 cm³/mol. The number of aryl methyl sites for hydroxylation is 1. The lowest BCUT2D eigenvalue weighted by molar-refractivity contribution is 0.102. The topological polar surface area (TPSA) is 60.7 Å². The Kier molecular flexibility index (Phi) is 3.94. The molecule has 0 bridgehead atoms. The zero-order chi connectivity index (χ0) is 15.0. The minimum Gasteiger partial charge on any atom is -0.293 e. The molecule has 0 saturated heterocycles. The number of alkyl halides is 2. The van der Waals surface area contributed by atoms with Crippen LogP contribution in [0.4, 0.5) is 0 Å². The highest BCUT2D eigenvalue weighted by Gasteiger charge is 2.52. The van der Waals surface area contributed by atoms with Gasteiger partial charge in [0.2, 0.25) is 5.16 Å². The van der Waals surface area contributed by atoms with Crippen LogP contribution in [0.15, 0.2) is 29.4 Å². The molecule has 5 nitrogen and oxygen atoms in total. The van der Waals surface area contributed by atoms with Crippen LogP contribution < -0.4 is 0 Å². The summed E-state index contributed by atoms with van der Waals surface area (Å²) < 4.78 is 0.897. The number of rotatable bonds is 5. The molecule has 1 fully saturated rings. The number of thioether (sulfide) groups is 1. The number of benzene rings is 1. The molecule has 1 heterocycles. The lowest BCUT2D eigenvalue weighted by atomic mass is 10.1. The number of ketones is 1. The van der Waals surface area contributed by atoms with Crippen molar-refractivity contribution >= 4 is 40.7 Å². The van der Waals surface area contributed by atoms with Crippen LogP contribution in [0, 0.1) is 0 Å². The van der Waals surface area contributed by atoms with Gasteiger partial charge in [0.15, 0.2) is 5.78 Å². The summed E-state index contributed by atoms with van der Waals surface area (Å²) >= 11 is 13.4. The Hall–Kier alpha value is -1.11. The van der Waals surface area contributed by atoms with E-state index in [9.17, 15) is 4.79 Å². The number of hydrogen-bond acceptors (Lipinski definition) is 5. The Labute approximate surface area is 136 Å². The number of nitrogens with zero attached hydrogens (tertiary/aromatic N) is 4. The quantitative estimate of drug-likeness (QED) is 0.475. The van der Waals surface area contributed by atoms with Crippen LogP contribution in [0.2, 0.25) is 0 Å². The molecule has 1 aromatic heterocycles. The molecule has 8 heteroatoms. The van der Waals surface area contributed by atoms with Gasteiger partial charge < -0.3 is 0 Å². The van der Waals surface area contributed by atoms with Gasteiger partial charge in [-0.1, -0.05) is 36.0 Å². The first-order valence-corrected chi connectivity index (χ1v) is 8.07. The summed E-state index contributed by atoms with van der Waals surface area (Å²) in [5.74, 6) is 0.504. The van der Waals surface area contributed by atoms with E-state index < -0.39 is 4.33 Å². The predicted octanol–water partition coefficient (Wildman–Crippen LogP) is 2.85. The summed E-state index contributed by atoms with van der Waals surface area (Å²) in [5, 5.41) is 11.7. The second kappa shape index (κ2) is 5.59. The molecule has 2 aromatic rings. The standard InChI is InChI=1S/C13H12Cl2N4OS/c1-19-12(16-17-18-19)21-7-11(20)9-4-2-8(3-5-9)10-6-13(10,14)15/h2-5,10H,6-7H2,1H3/t10-/m0/s1. The fraction of sp³-hybridized carbons (Fsp3) is 0.385. The average Bonchev–Trinajstić information content (AvgIpc) is 2.90. The average molecular weight is 343 g/mol. The summed E-state index contributed by atoms with van der Waals surface area (Å²) in [4.78, 5) is 12.1. The van der Waals surface area contributed by atoms with Crippen LogP contribution in [0.1, 0.15) is 28.3 Å². The Balaban J connectivity index is 1.61. The van der Waals surface area contributed by atoms with E-state index in [-0.39, 0.29) is 11.7 Å². The van der Waals surface area contributed by atoms with Crippen LogP contribution in [0.3, 0.4) is 0 Å². The van der Waals surface area contributed by atoms with Crippen molar-refractivity contribution in [1.82, 2.24) is 20.2 Å². The van der Waals surface area contributed by atoms with Crippen molar-refractivity contribution < 1.29 is 4.79 Å². The minimum atomic E-state index is -0.639. The first-order chi connectivity index (χ1) is 9.97. The van der Waals surface area contributed by atoms with Gasteiger partial charge in [0.1, 0.15) is 4.33 Å². The second-order valence-electron chi connectivity index (χ2n) is 4.94. The van der Waals surface area contributed by atoms with Gasteiger partial charge in [0.05, 0.1) is 5.75 Å². The SMILES string of the molecule is Cn1nnnc1SCC(=O)c1ccc([C@@H]2CC2(Cl)Cl)cc1. The van der Waals surface area contributed by atoms with Crippen LogP contribution >= 0.6 is 35.0 Å². The monoisotopic (exact) mass is 342 g/mol. The molecule has 0 N–H and O–H groups in total. The van der Waals surface area contributed by atoms with Gasteiger partial charge >= 0.3 is 0 Å². The molecule has 1 saturated carbocycles. The van der Waals surface area contributed by atoms with Crippen molar-refractivity contribution in [2.24, 2.45) is 7.05 Å². The molecule has 1 aliphatic carbocycles. The van der Waals surface area contributed by atoms with Crippen LogP contribution in [0.25, 0.3) is 0 Å². The third-order valence-electron chi connectivity index (χ3n) is 3.37. The fourth-order valence-corrected chi connectivity index (χ4v) is 3.34. The molecular formula is C13H12Cl2N4OS. The highest BCUT2D eigenvalue weighted by atomic mass is 35.5. The number of tetrazole rings is 1. The maximum atomic E-state index is 12.1. The number of hydrogen-bond donors (Lipinski definition) is 0. The molecule has 0 aliphatic heterocycles. The summed E-state index contributed by atoms with van der Waals surface area (Å²) in [6.45, 7) is 0. The largest absolute Gasteiger partial charge is 0.293 e. The Morgan fingerprint density at radius 3 is 2.62 bits per heavy atom. The first kappa shape index (κ1) is 14.8. The van der Waals surface area contributed by atoms with Gasteiger partial charge in [-0.2, -0.15) is 0 Å². The Morgan fingerprint density at radius 1 is 1.43 bits per heavy atom. The number of aromatic nitrogens is 4. The van der Waals surface area contributed by atoms with E-state index in [1.807, 2.05) is 24.3 Å². The maximum absolute atomic E-state index is 12.1. The number of Topliss-reactive ketones (excluding diaryl/α,β-unsaturated/α-hetero) is 1. The van der Waals surface area contributed by atoms with Crippen LogP contribution in [0.5, 0.6) is 0 Å². The molecule has 3 rings (SSSR count). The van der Waals surface area contributed by atoms with Crippen molar-refractivity contribution in [2.45, 2.75) is 21.8 Å². The van der Waals surface area contributed by atoms with Gasteiger partial charge in [0, 0.05) is 18.5 Å². The highest BCUT2D eigenvalue weighted by molar-refractivity contribution is 7.99. The van der Waals surface area contributed by atoms with Crippen LogP contribution in [-0.4, -0.2) is 36.1 Å². The molecule has 110 valence electrons. The highest BCUT2D eigenvalue weighted by Crippen LogP contribution is 2.59. The van der Waals surface area contributed by atoms with E-state index >= 15 is 0 Å². The summed E-state index contributed by atoms with van der Waals surface area (Å²) in [6, 6.07) is 7.46. The lowest BCUT2D eigenvalue weighted by Crippen LogP contribution is -2.04. The third-order valence-corrected chi connectivity index (χ3v) is 5.22. The molecule has 1 aromatic carbocycles. The molecule has 1 aliphatic rings. The molecule has 0 radical (unpaired) electrons. The van der Waals surface area contributed by atoms with Gasteiger partial charge in [0.25, 0.3) is 0 Å². The smallest absolute Gasteiger partial charge is 0.209 e. The Bertz CT molecular complexity index is 671. The van der Waals surface area contributed by atoms with Gasteiger partial charge in [-0.3, -0.25) is 4.79 Å². The maximum Gasteiger partial charge on any atom is 0.209 e. The van der Waals surface area contributed by atoms with Crippen molar-refractivity contribution in [2.75, 3.05) is 5.75 Å². The van der Waals surface area contributed by atoms with Crippen LogP contribution in [-0.2, 0) is 7.05 Å². The van der Waals surface area contributed by atoms with Crippen molar-refractivity contribution in [3.63, 3.8) is 0 Å². The fourth-order valence-electron chi connectivity index (χ4n) is 2.03.